The van der Waals surface area contributed by atoms with E-state index in [1.54, 1.807) is 28.2 Å². The van der Waals surface area contributed by atoms with Gasteiger partial charge in [-0.15, -0.1) is 35.3 Å². The molecule has 0 bridgehead atoms. The van der Waals surface area contributed by atoms with Crippen molar-refractivity contribution in [1.82, 2.24) is 15.1 Å². The summed E-state index contributed by atoms with van der Waals surface area (Å²) in [5, 5.41) is 9.56. The molecule has 0 aliphatic carbocycles. The highest BCUT2D eigenvalue weighted by Crippen LogP contribution is 2.10. The summed E-state index contributed by atoms with van der Waals surface area (Å²) < 4.78 is 14.6. The van der Waals surface area contributed by atoms with Gasteiger partial charge in [0.25, 0.3) is 0 Å². The predicted octanol–water partition coefficient (Wildman–Crippen LogP) is 3.34. The van der Waals surface area contributed by atoms with E-state index in [-0.39, 0.29) is 29.8 Å². The molecule has 0 saturated carbocycles. The molecule has 3 aromatic rings. The van der Waals surface area contributed by atoms with E-state index in [2.05, 4.69) is 26.9 Å². The number of benzene rings is 1. The fourth-order valence-electron chi connectivity index (χ4n) is 2.17. The van der Waals surface area contributed by atoms with Gasteiger partial charge in [-0.05, 0) is 48.2 Å². The summed E-state index contributed by atoms with van der Waals surface area (Å²) in [5.41, 5.74) is 7.46. The van der Waals surface area contributed by atoms with Crippen LogP contribution in [-0.4, -0.2) is 22.3 Å². The highest BCUT2D eigenvalue weighted by molar-refractivity contribution is 14.0. The van der Waals surface area contributed by atoms with Gasteiger partial charge in [0.15, 0.2) is 5.96 Å². The van der Waals surface area contributed by atoms with Crippen LogP contribution < -0.4 is 11.1 Å². The van der Waals surface area contributed by atoms with Crippen molar-refractivity contribution >= 4 is 41.3 Å². The zero-order chi connectivity index (χ0) is 16.8. The van der Waals surface area contributed by atoms with Crippen LogP contribution >= 0.6 is 35.3 Å². The molecule has 132 valence electrons. The maximum atomic E-state index is 12.9. The Labute approximate surface area is 166 Å². The Hall–Kier alpha value is -1.94. The standard InChI is InChI=1S/C17H18FN5S.HI/c18-13-3-5-15(6-4-13)23-10-8-14(22-23)12-21-17(19)20-9-7-16-2-1-11-24-16;/h1-6,8,10-11H,7,9,12H2,(H3,19,20,21);1H. The van der Waals surface area contributed by atoms with Crippen LogP contribution in [0.25, 0.3) is 5.69 Å². The van der Waals surface area contributed by atoms with Crippen LogP contribution in [0.2, 0.25) is 0 Å². The molecule has 2 heterocycles. The number of guanidine groups is 1. The Bertz CT molecular complexity index is 799. The van der Waals surface area contributed by atoms with E-state index in [1.165, 1.54) is 17.0 Å². The minimum atomic E-state index is -0.267. The van der Waals surface area contributed by atoms with Gasteiger partial charge >= 0.3 is 0 Å². The first-order chi connectivity index (χ1) is 11.7. The van der Waals surface area contributed by atoms with Crippen molar-refractivity contribution in [3.8, 4) is 5.69 Å². The van der Waals surface area contributed by atoms with Gasteiger partial charge < -0.3 is 11.1 Å². The van der Waals surface area contributed by atoms with Crippen LogP contribution in [0.15, 0.2) is 59.0 Å². The molecule has 0 amide bonds. The van der Waals surface area contributed by atoms with Gasteiger partial charge in [0, 0.05) is 17.6 Å². The molecule has 0 atom stereocenters. The van der Waals surface area contributed by atoms with Gasteiger partial charge in [-0.2, -0.15) is 5.10 Å². The molecule has 0 fully saturated rings. The number of nitrogens with zero attached hydrogens (tertiary/aromatic N) is 3. The van der Waals surface area contributed by atoms with E-state index in [0.717, 1.165) is 24.3 Å². The Kier molecular flexibility index (Phi) is 7.38. The van der Waals surface area contributed by atoms with Crippen molar-refractivity contribution in [1.29, 1.82) is 0 Å². The van der Waals surface area contributed by atoms with E-state index >= 15 is 0 Å². The molecule has 2 aromatic heterocycles. The third-order valence-corrected chi connectivity index (χ3v) is 4.34. The minimum absolute atomic E-state index is 0. The molecular formula is C17H19FIN5S. The molecule has 0 aliphatic rings. The molecular weight excluding hydrogens is 452 g/mol. The summed E-state index contributed by atoms with van der Waals surface area (Å²) in [6, 6.07) is 12.2. The normalized spacial score (nSPS) is 11.2. The second kappa shape index (κ2) is 9.52. The van der Waals surface area contributed by atoms with Crippen LogP contribution in [0.1, 0.15) is 10.6 Å². The lowest BCUT2D eigenvalue weighted by molar-refractivity contribution is 0.627. The maximum absolute atomic E-state index is 12.9. The molecule has 8 heteroatoms. The largest absolute Gasteiger partial charge is 0.370 e. The van der Waals surface area contributed by atoms with Crippen molar-refractivity contribution in [2.45, 2.75) is 13.0 Å². The lowest BCUT2D eigenvalue weighted by Crippen LogP contribution is -2.33. The zero-order valence-electron chi connectivity index (χ0n) is 13.4. The number of halogens is 2. The van der Waals surface area contributed by atoms with Gasteiger partial charge in [0.05, 0.1) is 17.9 Å². The monoisotopic (exact) mass is 471 g/mol. The van der Waals surface area contributed by atoms with Gasteiger partial charge in [-0.1, -0.05) is 6.07 Å². The van der Waals surface area contributed by atoms with E-state index in [1.807, 2.05) is 18.3 Å². The fourth-order valence-corrected chi connectivity index (χ4v) is 2.88. The number of hydrogen-bond acceptors (Lipinski definition) is 3. The highest BCUT2D eigenvalue weighted by atomic mass is 127. The number of hydrogen-bond donors (Lipinski definition) is 2. The number of aliphatic imine (C=N–C) groups is 1. The molecule has 25 heavy (non-hydrogen) atoms. The summed E-state index contributed by atoms with van der Waals surface area (Å²) >= 11 is 1.73. The Morgan fingerprint density at radius 2 is 2.04 bits per heavy atom. The van der Waals surface area contributed by atoms with Crippen molar-refractivity contribution in [3.63, 3.8) is 0 Å². The van der Waals surface area contributed by atoms with Gasteiger partial charge in [0.1, 0.15) is 5.82 Å². The van der Waals surface area contributed by atoms with Crippen molar-refractivity contribution < 1.29 is 4.39 Å². The molecule has 0 spiro atoms. The Balaban J connectivity index is 0.00000225. The average molecular weight is 471 g/mol. The quantitative estimate of drug-likeness (QED) is 0.329. The van der Waals surface area contributed by atoms with Crippen LogP contribution in [-0.2, 0) is 13.0 Å². The summed E-state index contributed by atoms with van der Waals surface area (Å²) in [4.78, 5) is 5.60. The van der Waals surface area contributed by atoms with E-state index < -0.39 is 0 Å². The van der Waals surface area contributed by atoms with E-state index in [9.17, 15) is 4.39 Å². The van der Waals surface area contributed by atoms with Crippen LogP contribution in [0, 0.1) is 5.82 Å². The second-order valence-electron chi connectivity index (χ2n) is 5.19. The van der Waals surface area contributed by atoms with Crippen LogP contribution in [0.3, 0.4) is 0 Å². The number of thiophene rings is 1. The molecule has 0 saturated heterocycles. The first-order valence-corrected chi connectivity index (χ1v) is 8.45. The Morgan fingerprint density at radius 1 is 1.24 bits per heavy atom. The first-order valence-electron chi connectivity index (χ1n) is 7.57. The van der Waals surface area contributed by atoms with Crippen molar-refractivity contribution in [2.75, 3.05) is 6.54 Å². The minimum Gasteiger partial charge on any atom is -0.370 e. The Morgan fingerprint density at radius 3 is 2.76 bits per heavy atom. The lowest BCUT2D eigenvalue weighted by Gasteiger charge is -2.04. The van der Waals surface area contributed by atoms with Crippen LogP contribution in [0.5, 0.6) is 0 Å². The lowest BCUT2D eigenvalue weighted by atomic mass is 10.3. The number of rotatable bonds is 6. The summed E-state index contributed by atoms with van der Waals surface area (Å²) in [7, 11) is 0. The molecule has 3 N–H and O–H groups in total. The van der Waals surface area contributed by atoms with Gasteiger partial charge in [0.2, 0.25) is 0 Å². The topological polar surface area (TPSA) is 68.2 Å². The number of nitrogens with one attached hydrogen (secondary N) is 1. The second-order valence-corrected chi connectivity index (χ2v) is 6.22. The third kappa shape index (κ3) is 5.82. The molecule has 1 aromatic carbocycles. The van der Waals surface area contributed by atoms with E-state index in [4.69, 9.17) is 5.73 Å². The molecule has 0 aliphatic heterocycles. The molecule has 0 radical (unpaired) electrons. The van der Waals surface area contributed by atoms with Crippen molar-refractivity contribution in [2.24, 2.45) is 10.7 Å². The first kappa shape index (κ1) is 19.4. The SMILES string of the molecule is I.NC(=NCc1ccn(-c2ccc(F)cc2)n1)NCCc1cccs1. The molecule has 3 rings (SSSR count). The molecule has 0 unspecified atom stereocenters. The van der Waals surface area contributed by atoms with Crippen molar-refractivity contribution in [3.05, 3.63) is 70.4 Å². The van der Waals surface area contributed by atoms with Gasteiger partial charge in [-0.25, -0.2) is 14.1 Å². The fraction of sp³-hybridized carbons (Fsp3) is 0.176. The summed E-state index contributed by atoms with van der Waals surface area (Å²) in [6.07, 6.45) is 2.74. The number of aromatic nitrogens is 2. The summed E-state index contributed by atoms with van der Waals surface area (Å²) in [6.45, 7) is 1.14. The average Bonchev–Trinajstić information content (AvgIpc) is 3.25. The maximum Gasteiger partial charge on any atom is 0.188 e. The molecule has 5 nitrogen and oxygen atoms in total. The number of nitrogens with two attached hydrogens (primary N) is 1. The predicted molar refractivity (Wildman–Crippen MR) is 110 cm³/mol. The smallest absolute Gasteiger partial charge is 0.188 e. The van der Waals surface area contributed by atoms with E-state index in [0.29, 0.717) is 12.5 Å². The van der Waals surface area contributed by atoms with Crippen LogP contribution in [0.4, 0.5) is 4.39 Å². The third-order valence-electron chi connectivity index (χ3n) is 3.40. The summed E-state index contributed by atoms with van der Waals surface area (Å²) in [5.74, 6) is 0.139. The van der Waals surface area contributed by atoms with Gasteiger partial charge in [-0.3, -0.25) is 0 Å². The zero-order valence-corrected chi connectivity index (χ0v) is 16.6. The highest BCUT2D eigenvalue weighted by Gasteiger charge is 2.02.